The number of H-pyrrole nitrogens is 1. The van der Waals surface area contributed by atoms with Gasteiger partial charge in [0.25, 0.3) is 5.56 Å². The van der Waals surface area contributed by atoms with E-state index in [9.17, 15) is 9.59 Å². The smallest absolute Gasteiger partial charge is 0.308 e. The van der Waals surface area contributed by atoms with Crippen LogP contribution in [0.5, 0.6) is 0 Å². The number of aliphatic carboxylic acids is 1. The summed E-state index contributed by atoms with van der Waals surface area (Å²) in [5, 5.41) is 11.4. The molecular formula is C10H11N3O3. The third-order valence-corrected chi connectivity index (χ3v) is 2.41. The second-order valence-corrected chi connectivity index (χ2v) is 3.47. The van der Waals surface area contributed by atoms with Gasteiger partial charge in [-0.05, 0) is 6.42 Å². The van der Waals surface area contributed by atoms with Gasteiger partial charge in [0, 0.05) is 23.5 Å². The van der Waals surface area contributed by atoms with Gasteiger partial charge in [0.05, 0.1) is 6.42 Å². The minimum Gasteiger partial charge on any atom is -0.481 e. The second kappa shape index (κ2) is 3.80. The molecule has 2 aromatic rings. The molecule has 0 atom stereocenters. The van der Waals surface area contributed by atoms with Crippen LogP contribution in [0.2, 0.25) is 0 Å². The van der Waals surface area contributed by atoms with E-state index in [4.69, 9.17) is 5.11 Å². The highest BCUT2D eigenvalue weighted by molar-refractivity contribution is 5.70. The molecule has 6 nitrogen and oxygen atoms in total. The van der Waals surface area contributed by atoms with Crippen LogP contribution < -0.4 is 5.56 Å². The van der Waals surface area contributed by atoms with Gasteiger partial charge in [-0.2, -0.15) is 0 Å². The number of hydrogen-bond acceptors (Lipinski definition) is 3. The van der Waals surface area contributed by atoms with Crippen molar-refractivity contribution in [3.8, 4) is 0 Å². The van der Waals surface area contributed by atoms with Crippen molar-refractivity contribution in [1.82, 2.24) is 14.6 Å². The van der Waals surface area contributed by atoms with Crippen LogP contribution in [0.15, 0.2) is 17.2 Å². The lowest BCUT2D eigenvalue weighted by Gasteiger charge is -1.98. The summed E-state index contributed by atoms with van der Waals surface area (Å²) in [6.45, 7) is 1.96. The number of aromatic nitrogens is 3. The molecule has 0 spiro atoms. The van der Waals surface area contributed by atoms with E-state index in [1.54, 1.807) is 6.20 Å². The summed E-state index contributed by atoms with van der Waals surface area (Å²) in [4.78, 5) is 26.4. The minimum absolute atomic E-state index is 0.175. The van der Waals surface area contributed by atoms with E-state index < -0.39 is 5.97 Å². The number of nitrogens with zero attached hydrogens (tertiary/aromatic N) is 2. The van der Waals surface area contributed by atoms with Crippen LogP contribution in [-0.4, -0.2) is 25.7 Å². The summed E-state index contributed by atoms with van der Waals surface area (Å²) in [5.74, 6) is -1.04. The predicted molar refractivity (Wildman–Crippen MR) is 56.5 cm³/mol. The van der Waals surface area contributed by atoms with Crippen molar-refractivity contribution < 1.29 is 9.90 Å². The normalized spacial score (nSPS) is 10.8. The molecular weight excluding hydrogens is 210 g/mol. The molecule has 0 aliphatic heterocycles. The summed E-state index contributed by atoms with van der Waals surface area (Å²) < 4.78 is 1.27. The molecule has 84 valence electrons. The number of fused-ring (bicyclic) bond motifs is 1. The summed E-state index contributed by atoms with van der Waals surface area (Å²) in [7, 11) is 0. The van der Waals surface area contributed by atoms with Crippen LogP contribution in [0.3, 0.4) is 0 Å². The lowest BCUT2D eigenvalue weighted by atomic mass is 10.2. The Morgan fingerprint density at radius 1 is 1.56 bits per heavy atom. The van der Waals surface area contributed by atoms with Crippen molar-refractivity contribution in [1.29, 1.82) is 0 Å². The van der Waals surface area contributed by atoms with Crippen LogP contribution in [-0.2, 0) is 17.6 Å². The van der Waals surface area contributed by atoms with Crippen LogP contribution in [0, 0.1) is 0 Å². The Labute approximate surface area is 90.5 Å². The maximum Gasteiger partial charge on any atom is 0.308 e. The number of carbonyl (C=O) groups is 1. The van der Waals surface area contributed by atoms with Crippen molar-refractivity contribution in [3.05, 3.63) is 33.9 Å². The first-order valence-electron chi connectivity index (χ1n) is 4.92. The molecule has 0 amide bonds. The zero-order valence-electron chi connectivity index (χ0n) is 8.73. The van der Waals surface area contributed by atoms with E-state index >= 15 is 0 Å². The van der Waals surface area contributed by atoms with E-state index in [1.807, 2.05) is 6.92 Å². The molecule has 2 aromatic heterocycles. The van der Waals surface area contributed by atoms with Gasteiger partial charge in [-0.1, -0.05) is 6.92 Å². The molecule has 2 N–H and O–H groups in total. The maximum atomic E-state index is 11.8. The van der Waals surface area contributed by atoms with E-state index in [0.717, 1.165) is 12.0 Å². The molecule has 16 heavy (non-hydrogen) atoms. The topological polar surface area (TPSA) is 87.5 Å². The van der Waals surface area contributed by atoms with Crippen LogP contribution in [0.1, 0.15) is 18.1 Å². The molecule has 0 aromatic carbocycles. The van der Waals surface area contributed by atoms with Crippen LogP contribution in [0.25, 0.3) is 5.65 Å². The molecule has 6 heteroatoms. The molecule has 0 saturated heterocycles. The van der Waals surface area contributed by atoms with E-state index in [0.29, 0.717) is 5.65 Å². The van der Waals surface area contributed by atoms with Gasteiger partial charge in [-0.15, -0.1) is 0 Å². The SMILES string of the molecule is CCc1c[nH]n2c(=O)c(CC(=O)O)cnc12. The second-order valence-electron chi connectivity index (χ2n) is 3.47. The standard InChI is InChI=1S/C10H11N3O3/c1-2-6-5-12-13-9(6)11-4-7(10(13)16)3-8(14)15/h4-5,12H,2-3H2,1H3,(H,14,15). The lowest BCUT2D eigenvalue weighted by molar-refractivity contribution is -0.136. The Kier molecular flexibility index (Phi) is 2.47. The molecule has 2 rings (SSSR count). The molecule has 0 saturated carbocycles. The highest BCUT2D eigenvalue weighted by atomic mass is 16.4. The number of aryl methyl sites for hydroxylation is 1. The number of carboxylic acid groups (broad SMARTS) is 1. The summed E-state index contributed by atoms with van der Waals surface area (Å²) in [5.41, 5.74) is 1.31. The Hall–Kier alpha value is -2.11. The first-order chi connectivity index (χ1) is 7.63. The molecule has 0 unspecified atom stereocenters. The number of carboxylic acids is 1. The number of hydrogen-bond donors (Lipinski definition) is 2. The average molecular weight is 221 g/mol. The van der Waals surface area contributed by atoms with Crippen molar-refractivity contribution in [2.75, 3.05) is 0 Å². The van der Waals surface area contributed by atoms with Gasteiger partial charge < -0.3 is 5.11 Å². The van der Waals surface area contributed by atoms with Gasteiger partial charge in [-0.25, -0.2) is 9.50 Å². The zero-order valence-corrected chi connectivity index (χ0v) is 8.73. The third-order valence-electron chi connectivity index (χ3n) is 2.41. The third kappa shape index (κ3) is 1.58. The monoisotopic (exact) mass is 221 g/mol. The van der Waals surface area contributed by atoms with Crippen LogP contribution in [0.4, 0.5) is 0 Å². The fourth-order valence-corrected chi connectivity index (χ4v) is 1.59. The van der Waals surface area contributed by atoms with Gasteiger partial charge in [0.15, 0.2) is 5.65 Å². The largest absolute Gasteiger partial charge is 0.481 e. The molecule has 0 radical (unpaired) electrons. The Bertz CT molecular complexity index is 597. The molecule has 0 aliphatic carbocycles. The van der Waals surface area contributed by atoms with Crippen molar-refractivity contribution in [2.45, 2.75) is 19.8 Å². The summed E-state index contributed by atoms with van der Waals surface area (Å²) >= 11 is 0. The minimum atomic E-state index is -1.04. The molecule has 2 heterocycles. The summed E-state index contributed by atoms with van der Waals surface area (Å²) in [6.07, 6.45) is 3.49. The Balaban J connectivity index is 2.62. The molecule has 0 bridgehead atoms. The average Bonchev–Trinajstić information content (AvgIpc) is 2.65. The van der Waals surface area contributed by atoms with Gasteiger partial charge in [0.1, 0.15) is 0 Å². The highest BCUT2D eigenvalue weighted by Crippen LogP contribution is 2.06. The predicted octanol–water partition coefficient (Wildman–Crippen LogP) is 0.212. The van der Waals surface area contributed by atoms with Gasteiger partial charge >= 0.3 is 5.97 Å². The van der Waals surface area contributed by atoms with E-state index in [2.05, 4.69) is 10.1 Å². The van der Waals surface area contributed by atoms with Crippen molar-refractivity contribution >= 4 is 11.6 Å². The fourth-order valence-electron chi connectivity index (χ4n) is 1.59. The molecule has 0 aliphatic rings. The first-order valence-corrected chi connectivity index (χ1v) is 4.92. The van der Waals surface area contributed by atoms with Crippen molar-refractivity contribution in [3.63, 3.8) is 0 Å². The maximum absolute atomic E-state index is 11.8. The number of nitrogens with one attached hydrogen (secondary N) is 1. The number of aromatic amines is 1. The Morgan fingerprint density at radius 2 is 2.31 bits per heavy atom. The zero-order chi connectivity index (χ0) is 11.7. The fraction of sp³-hybridized carbons (Fsp3) is 0.300. The Morgan fingerprint density at radius 3 is 2.94 bits per heavy atom. The molecule has 0 fully saturated rings. The first kappa shape index (κ1) is 10.4. The summed E-state index contributed by atoms with van der Waals surface area (Å²) in [6, 6.07) is 0. The van der Waals surface area contributed by atoms with Crippen LogP contribution >= 0.6 is 0 Å². The quantitative estimate of drug-likeness (QED) is 0.775. The van der Waals surface area contributed by atoms with E-state index in [1.165, 1.54) is 10.7 Å². The van der Waals surface area contributed by atoms with Crippen molar-refractivity contribution in [2.24, 2.45) is 0 Å². The lowest BCUT2D eigenvalue weighted by Crippen LogP contribution is -2.21. The highest BCUT2D eigenvalue weighted by Gasteiger charge is 2.11. The van der Waals surface area contributed by atoms with Gasteiger partial charge in [0.2, 0.25) is 0 Å². The van der Waals surface area contributed by atoms with E-state index in [-0.39, 0.29) is 17.5 Å². The van der Waals surface area contributed by atoms with Gasteiger partial charge in [-0.3, -0.25) is 14.7 Å². The number of rotatable bonds is 3.